The van der Waals surface area contributed by atoms with Crippen molar-refractivity contribution in [1.29, 1.82) is 5.26 Å². The highest BCUT2D eigenvalue weighted by atomic mass is 15.2. The van der Waals surface area contributed by atoms with Crippen LogP contribution in [0.15, 0.2) is 30.6 Å². The highest BCUT2D eigenvalue weighted by molar-refractivity contribution is 5.62. The Balaban J connectivity index is 2.05. The molecule has 0 radical (unpaired) electrons. The molecule has 1 aromatic heterocycles. The van der Waals surface area contributed by atoms with Crippen molar-refractivity contribution >= 4 is 11.4 Å². The van der Waals surface area contributed by atoms with Crippen LogP contribution in [0.4, 0.5) is 11.4 Å². The molecule has 86 valence electrons. The van der Waals surface area contributed by atoms with Crippen molar-refractivity contribution in [2.45, 2.75) is 6.54 Å². The molecule has 3 N–H and O–H groups in total. The smallest absolute Gasteiger partial charge is 0.101 e. The maximum atomic E-state index is 8.76. The van der Waals surface area contributed by atoms with Crippen LogP contribution in [0.25, 0.3) is 0 Å². The maximum absolute atomic E-state index is 8.76. The molecule has 0 amide bonds. The normalized spacial score (nSPS) is 9.88. The number of nitrogens with two attached hydrogens (primary N) is 1. The maximum Gasteiger partial charge on any atom is 0.101 e. The number of rotatable bonds is 3. The number of nitrogen functional groups attached to an aromatic ring is 1. The van der Waals surface area contributed by atoms with E-state index in [9.17, 15) is 0 Å². The molecule has 0 spiro atoms. The molecule has 1 aromatic carbocycles. The monoisotopic (exact) mass is 227 g/mol. The van der Waals surface area contributed by atoms with Gasteiger partial charge in [0, 0.05) is 31.0 Å². The molecule has 0 aliphatic carbocycles. The second kappa shape index (κ2) is 4.58. The van der Waals surface area contributed by atoms with Crippen LogP contribution in [0.5, 0.6) is 0 Å². The molecule has 0 bridgehead atoms. The van der Waals surface area contributed by atoms with E-state index in [4.69, 9.17) is 11.0 Å². The molecule has 0 saturated heterocycles. The van der Waals surface area contributed by atoms with E-state index in [2.05, 4.69) is 10.4 Å². The summed E-state index contributed by atoms with van der Waals surface area (Å²) >= 11 is 0. The number of aromatic nitrogens is 2. The molecular weight excluding hydrogens is 214 g/mol. The van der Waals surface area contributed by atoms with Crippen LogP contribution >= 0.6 is 0 Å². The number of benzene rings is 1. The van der Waals surface area contributed by atoms with Gasteiger partial charge in [0.25, 0.3) is 0 Å². The summed E-state index contributed by atoms with van der Waals surface area (Å²) in [6.45, 7) is 0.680. The van der Waals surface area contributed by atoms with Gasteiger partial charge >= 0.3 is 0 Å². The van der Waals surface area contributed by atoms with Crippen molar-refractivity contribution in [1.82, 2.24) is 9.78 Å². The van der Waals surface area contributed by atoms with E-state index in [0.717, 1.165) is 11.3 Å². The summed E-state index contributed by atoms with van der Waals surface area (Å²) in [6.07, 6.45) is 3.75. The van der Waals surface area contributed by atoms with Crippen LogP contribution in [0.2, 0.25) is 0 Å². The van der Waals surface area contributed by atoms with Crippen molar-refractivity contribution in [3.8, 4) is 6.07 Å². The van der Waals surface area contributed by atoms with Gasteiger partial charge in [-0.1, -0.05) is 0 Å². The first-order valence-electron chi connectivity index (χ1n) is 5.20. The zero-order chi connectivity index (χ0) is 12.3. The van der Waals surface area contributed by atoms with Gasteiger partial charge in [0.2, 0.25) is 0 Å². The van der Waals surface area contributed by atoms with Crippen molar-refractivity contribution in [3.05, 3.63) is 41.7 Å². The molecule has 5 nitrogen and oxygen atoms in total. The second-order valence-electron chi connectivity index (χ2n) is 3.79. The van der Waals surface area contributed by atoms with Crippen molar-refractivity contribution in [2.75, 3.05) is 11.1 Å². The third kappa shape index (κ3) is 2.55. The minimum Gasteiger partial charge on any atom is -0.398 e. The van der Waals surface area contributed by atoms with Gasteiger partial charge in [-0.05, 0) is 18.2 Å². The Morgan fingerprint density at radius 1 is 1.53 bits per heavy atom. The van der Waals surface area contributed by atoms with E-state index in [1.165, 1.54) is 0 Å². The Morgan fingerprint density at radius 2 is 2.35 bits per heavy atom. The molecule has 2 aromatic rings. The van der Waals surface area contributed by atoms with Crippen molar-refractivity contribution in [3.63, 3.8) is 0 Å². The SMILES string of the molecule is Cn1cc(CNc2ccc(C#N)c(N)c2)cn1. The molecule has 0 atom stereocenters. The highest BCUT2D eigenvalue weighted by Gasteiger charge is 2.00. The lowest BCUT2D eigenvalue weighted by molar-refractivity contribution is 0.767. The van der Waals surface area contributed by atoms with Gasteiger partial charge in [0.05, 0.1) is 17.4 Å². The topological polar surface area (TPSA) is 79.7 Å². The Labute approximate surface area is 99.5 Å². The quantitative estimate of drug-likeness (QED) is 0.778. The minimum absolute atomic E-state index is 0.490. The van der Waals surface area contributed by atoms with Gasteiger partial charge in [0.15, 0.2) is 0 Å². The predicted molar refractivity (Wildman–Crippen MR) is 66.1 cm³/mol. The minimum atomic E-state index is 0.490. The highest BCUT2D eigenvalue weighted by Crippen LogP contribution is 2.17. The Bertz CT molecular complexity index is 565. The molecule has 0 aliphatic heterocycles. The van der Waals surface area contributed by atoms with Gasteiger partial charge in [-0.3, -0.25) is 4.68 Å². The Hall–Kier alpha value is -2.48. The standard InChI is InChI=1S/C12H13N5/c1-17-8-9(7-16-17)6-15-11-3-2-10(5-13)12(14)4-11/h2-4,7-8,15H,6,14H2,1H3. The third-order valence-corrected chi connectivity index (χ3v) is 2.43. The molecule has 2 rings (SSSR count). The lowest BCUT2D eigenvalue weighted by atomic mass is 10.2. The van der Waals surface area contributed by atoms with E-state index in [1.807, 2.05) is 25.4 Å². The van der Waals surface area contributed by atoms with Gasteiger partial charge in [0.1, 0.15) is 6.07 Å². The van der Waals surface area contributed by atoms with Crippen LogP contribution in [0.1, 0.15) is 11.1 Å². The summed E-state index contributed by atoms with van der Waals surface area (Å²) in [7, 11) is 1.88. The Kier molecular flexibility index (Phi) is 2.97. The largest absolute Gasteiger partial charge is 0.398 e. The summed E-state index contributed by atoms with van der Waals surface area (Å²) in [5.41, 5.74) is 8.70. The fourth-order valence-corrected chi connectivity index (χ4v) is 1.54. The van der Waals surface area contributed by atoms with Crippen molar-refractivity contribution in [2.24, 2.45) is 7.05 Å². The van der Waals surface area contributed by atoms with Gasteiger partial charge < -0.3 is 11.1 Å². The van der Waals surface area contributed by atoms with Crippen LogP contribution in [0.3, 0.4) is 0 Å². The van der Waals surface area contributed by atoms with E-state index < -0.39 is 0 Å². The van der Waals surface area contributed by atoms with Crippen LogP contribution < -0.4 is 11.1 Å². The first kappa shape index (κ1) is 11.0. The molecule has 17 heavy (non-hydrogen) atoms. The molecule has 0 fully saturated rings. The zero-order valence-electron chi connectivity index (χ0n) is 9.51. The Morgan fingerprint density at radius 3 is 2.94 bits per heavy atom. The molecule has 1 heterocycles. The average Bonchev–Trinajstić information content (AvgIpc) is 2.73. The van der Waals surface area contributed by atoms with Gasteiger partial charge in [-0.25, -0.2) is 0 Å². The van der Waals surface area contributed by atoms with Crippen molar-refractivity contribution < 1.29 is 0 Å². The molecule has 0 aliphatic rings. The van der Waals surface area contributed by atoms with Gasteiger partial charge in [-0.2, -0.15) is 10.4 Å². The fraction of sp³-hybridized carbons (Fsp3) is 0.167. The number of hydrogen-bond acceptors (Lipinski definition) is 4. The van der Waals surface area contributed by atoms with E-state index >= 15 is 0 Å². The summed E-state index contributed by atoms with van der Waals surface area (Å²) < 4.78 is 1.75. The summed E-state index contributed by atoms with van der Waals surface area (Å²) in [4.78, 5) is 0. The van der Waals surface area contributed by atoms with E-state index in [0.29, 0.717) is 17.8 Å². The number of nitrogens with one attached hydrogen (secondary N) is 1. The lowest BCUT2D eigenvalue weighted by Gasteiger charge is -2.06. The number of hydrogen-bond donors (Lipinski definition) is 2. The molecule has 0 unspecified atom stereocenters. The number of anilines is 2. The number of nitriles is 1. The predicted octanol–water partition coefficient (Wildman–Crippen LogP) is 1.49. The van der Waals surface area contributed by atoms with Crippen LogP contribution in [-0.2, 0) is 13.6 Å². The first-order valence-corrected chi connectivity index (χ1v) is 5.20. The summed E-state index contributed by atoms with van der Waals surface area (Å²) in [6, 6.07) is 7.34. The molecule has 0 saturated carbocycles. The van der Waals surface area contributed by atoms with E-state index in [1.54, 1.807) is 23.0 Å². The first-order chi connectivity index (χ1) is 8.19. The summed E-state index contributed by atoms with van der Waals surface area (Å²) in [5, 5.41) is 16.1. The van der Waals surface area contributed by atoms with E-state index in [-0.39, 0.29) is 0 Å². The van der Waals surface area contributed by atoms with Crippen LogP contribution in [0, 0.1) is 11.3 Å². The van der Waals surface area contributed by atoms with Crippen LogP contribution in [-0.4, -0.2) is 9.78 Å². The fourth-order valence-electron chi connectivity index (χ4n) is 1.54. The van der Waals surface area contributed by atoms with Gasteiger partial charge in [-0.15, -0.1) is 0 Å². The summed E-state index contributed by atoms with van der Waals surface area (Å²) in [5.74, 6) is 0. The molecular formula is C12H13N5. The number of nitrogens with zero attached hydrogens (tertiary/aromatic N) is 3. The lowest BCUT2D eigenvalue weighted by Crippen LogP contribution is -2.00. The number of aryl methyl sites for hydroxylation is 1. The third-order valence-electron chi connectivity index (χ3n) is 2.43. The zero-order valence-corrected chi connectivity index (χ0v) is 9.51. The second-order valence-corrected chi connectivity index (χ2v) is 3.79. The molecule has 5 heteroatoms. The average molecular weight is 227 g/mol.